The Morgan fingerprint density at radius 3 is 1.82 bits per heavy atom. The van der Waals surface area contributed by atoms with Crippen molar-refractivity contribution in [3.63, 3.8) is 0 Å². The van der Waals surface area contributed by atoms with Crippen molar-refractivity contribution in [2.24, 2.45) is 0 Å². The Kier molecular flexibility index (Phi) is 6.26. The molecule has 1 N–H and O–H groups in total. The van der Waals surface area contributed by atoms with E-state index in [9.17, 15) is 0 Å². The summed E-state index contributed by atoms with van der Waals surface area (Å²) in [5.74, 6) is 0.191. The first kappa shape index (κ1) is 16.8. The third-order valence-corrected chi connectivity index (χ3v) is 4.39. The van der Waals surface area contributed by atoms with Crippen LogP contribution in [-0.4, -0.2) is 11.9 Å². The summed E-state index contributed by atoms with van der Waals surface area (Å²) in [6, 6.07) is 17.5. The summed E-state index contributed by atoms with van der Waals surface area (Å²) in [7, 11) is 0. The van der Waals surface area contributed by atoms with Gasteiger partial charge in [0, 0.05) is 23.5 Å². The van der Waals surface area contributed by atoms with Gasteiger partial charge in [-0.2, -0.15) is 0 Å². The van der Waals surface area contributed by atoms with Crippen LogP contribution in [0.2, 0.25) is 0 Å². The number of hydrogen-bond donors (Lipinski definition) is 1. The second-order valence-electron chi connectivity index (χ2n) is 5.75. The van der Waals surface area contributed by atoms with Gasteiger partial charge in [0.25, 0.3) is 0 Å². The Balaban J connectivity index is 2.29. The van der Waals surface area contributed by atoms with E-state index in [0.717, 1.165) is 24.0 Å². The van der Waals surface area contributed by atoms with E-state index in [1.807, 2.05) is 0 Å². The van der Waals surface area contributed by atoms with Crippen molar-refractivity contribution in [1.29, 1.82) is 0 Å². The monoisotopic (exact) mass is 357 g/mol. The molecular weight excluding hydrogens is 334 g/mol. The summed E-state index contributed by atoms with van der Waals surface area (Å²) in [4.78, 5) is 0. The number of halogens is 1. The molecule has 1 nitrogen and oxygen atoms in total. The van der Waals surface area contributed by atoms with Crippen LogP contribution in [-0.2, 0) is 0 Å². The largest absolute Gasteiger partial charge is 0.388 e. The predicted molar refractivity (Wildman–Crippen MR) is 99.8 cm³/mol. The molecule has 0 bridgehead atoms. The minimum atomic E-state index is 0.191. The molecule has 0 aliphatic carbocycles. The molecule has 0 saturated heterocycles. The van der Waals surface area contributed by atoms with Crippen LogP contribution in [0.3, 0.4) is 0 Å². The zero-order chi connectivity index (χ0) is 15.9. The predicted octanol–water partition coefficient (Wildman–Crippen LogP) is 5.32. The van der Waals surface area contributed by atoms with Gasteiger partial charge in [-0.1, -0.05) is 82.2 Å². The first-order valence-corrected chi connectivity index (χ1v) is 8.85. The molecule has 0 unspecified atom stereocenters. The van der Waals surface area contributed by atoms with E-state index in [-0.39, 0.29) is 5.92 Å². The van der Waals surface area contributed by atoms with Crippen LogP contribution in [0.15, 0.2) is 60.8 Å². The van der Waals surface area contributed by atoms with Gasteiger partial charge < -0.3 is 5.32 Å². The van der Waals surface area contributed by atoms with E-state index in [1.54, 1.807) is 0 Å². The molecule has 2 heteroatoms. The highest BCUT2D eigenvalue weighted by molar-refractivity contribution is 9.09. The summed E-state index contributed by atoms with van der Waals surface area (Å²) in [5, 5.41) is 4.49. The maximum atomic E-state index is 4.30. The van der Waals surface area contributed by atoms with E-state index in [2.05, 4.69) is 90.2 Å². The van der Waals surface area contributed by atoms with Gasteiger partial charge in [-0.05, 0) is 31.4 Å². The summed E-state index contributed by atoms with van der Waals surface area (Å²) in [6.45, 7) is 9.48. The van der Waals surface area contributed by atoms with Crippen LogP contribution in [0.4, 0.5) is 0 Å². The fraction of sp³-hybridized carbons (Fsp3) is 0.300. The van der Waals surface area contributed by atoms with Crippen molar-refractivity contribution in [3.05, 3.63) is 83.1 Å². The molecule has 0 amide bonds. The van der Waals surface area contributed by atoms with Gasteiger partial charge >= 0.3 is 0 Å². The van der Waals surface area contributed by atoms with Crippen LogP contribution < -0.4 is 5.32 Å². The van der Waals surface area contributed by atoms with Gasteiger partial charge in [0.1, 0.15) is 0 Å². The molecule has 0 fully saturated rings. The Morgan fingerprint density at radius 2 is 1.41 bits per heavy atom. The lowest BCUT2D eigenvalue weighted by Crippen LogP contribution is -2.20. The molecule has 0 aliphatic heterocycles. The highest BCUT2D eigenvalue weighted by Gasteiger charge is 2.17. The Hall–Kier alpha value is -1.54. The van der Waals surface area contributed by atoms with Crippen LogP contribution >= 0.6 is 15.9 Å². The van der Waals surface area contributed by atoms with Gasteiger partial charge in [0.15, 0.2) is 0 Å². The summed E-state index contributed by atoms with van der Waals surface area (Å²) < 4.78 is 0. The lowest BCUT2D eigenvalue weighted by Gasteiger charge is -2.22. The van der Waals surface area contributed by atoms with E-state index < -0.39 is 0 Å². The van der Waals surface area contributed by atoms with Gasteiger partial charge in [0.2, 0.25) is 0 Å². The minimum Gasteiger partial charge on any atom is -0.388 e. The molecule has 116 valence electrons. The van der Waals surface area contributed by atoms with Crippen LogP contribution in [0.5, 0.6) is 0 Å². The fourth-order valence-electron chi connectivity index (χ4n) is 2.53. The molecule has 0 heterocycles. The van der Waals surface area contributed by atoms with Gasteiger partial charge in [0.05, 0.1) is 0 Å². The number of nitrogens with one attached hydrogen (secondary N) is 1. The molecule has 0 spiro atoms. The second kappa shape index (κ2) is 8.19. The maximum absolute atomic E-state index is 4.30. The molecular formula is C20H24BrN. The number of rotatable bonds is 7. The highest BCUT2D eigenvalue weighted by atomic mass is 79.9. The second-order valence-corrected chi connectivity index (χ2v) is 6.54. The van der Waals surface area contributed by atoms with E-state index in [0.29, 0.717) is 0 Å². The smallest absolute Gasteiger partial charge is 0.0481 e. The first-order valence-electron chi connectivity index (χ1n) is 7.73. The molecule has 2 aromatic carbocycles. The quantitative estimate of drug-likeness (QED) is 0.522. The van der Waals surface area contributed by atoms with Gasteiger partial charge in [-0.15, -0.1) is 0 Å². The van der Waals surface area contributed by atoms with E-state index >= 15 is 0 Å². The van der Waals surface area contributed by atoms with Crippen molar-refractivity contribution < 1.29 is 0 Å². The van der Waals surface area contributed by atoms with Crippen molar-refractivity contribution in [3.8, 4) is 0 Å². The molecule has 2 aromatic rings. The SMILES string of the molecule is C=C(NCCCBr)C(c1ccc(C)cc1)c1ccc(C)cc1. The van der Waals surface area contributed by atoms with Crippen molar-refractivity contribution in [2.75, 3.05) is 11.9 Å². The summed E-state index contributed by atoms with van der Waals surface area (Å²) in [6.07, 6.45) is 1.09. The molecule has 0 aromatic heterocycles. The topological polar surface area (TPSA) is 12.0 Å². The zero-order valence-corrected chi connectivity index (χ0v) is 15.0. The zero-order valence-electron chi connectivity index (χ0n) is 13.4. The third-order valence-electron chi connectivity index (χ3n) is 3.83. The lowest BCUT2D eigenvalue weighted by atomic mass is 9.88. The molecule has 0 aliphatic rings. The fourth-order valence-corrected chi connectivity index (χ4v) is 2.81. The average molecular weight is 358 g/mol. The lowest BCUT2D eigenvalue weighted by molar-refractivity contribution is 0.724. The Morgan fingerprint density at radius 1 is 0.955 bits per heavy atom. The first-order chi connectivity index (χ1) is 10.6. The summed E-state index contributed by atoms with van der Waals surface area (Å²) in [5.41, 5.74) is 6.19. The highest BCUT2D eigenvalue weighted by Crippen LogP contribution is 2.30. The van der Waals surface area contributed by atoms with E-state index in [4.69, 9.17) is 0 Å². The summed E-state index contributed by atoms with van der Waals surface area (Å²) >= 11 is 3.47. The molecule has 0 saturated carbocycles. The van der Waals surface area contributed by atoms with Gasteiger partial charge in [-0.3, -0.25) is 0 Å². The minimum absolute atomic E-state index is 0.191. The number of alkyl halides is 1. The van der Waals surface area contributed by atoms with Gasteiger partial charge in [-0.25, -0.2) is 0 Å². The number of hydrogen-bond acceptors (Lipinski definition) is 1. The Labute approximate surface area is 142 Å². The van der Waals surface area contributed by atoms with Crippen LogP contribution in [0, 0.1) is 13.8 Å². The number of benzene rings is 2. The number of allylic oxidation sites excluding steroid dienone is 1. The van der Waals surface area contributed by atoms with Crippen molar-refractivity contribution in [1.82, 2.24) is 5.32 Å². The average Bonchev–Trinajstić information content (AvgIpc) is 2.52. The molecule has 0 atom stereocenters. The third kappa shape index (κ3) is 4.48. The van der Waals surface area contributed by atoms with Crippen molar-refractivity contribution in [2.45, 2.75) is 26.2 Å². The van der Waals surface area contributed by atoms with Crippen molar-refractivity contribution >= 4 is 15.9 Å². The van der Waals surface area contributed by atoms with Crippen LogP contribution in [0.1, 0.15) is 34.6 Å². The number of aryl methyl sites for hydroxylation is 2. The van der Waals surface area contributed by atoms with Crippen LogP contribution in [0.25, 0.3) is 0 Å². The molecule has 2 rings (SSSR count). The normalized spacial score (nSPS) is 10.7. The molecule has 0 radical (unpaired) electrons. The standard InChI is InChI=1S/C20H24BrN/c1-15-5-9-18(10-6-15)20(17(3)22-14-4-13-21)19-11-7-16(2)8-12-19/h5-12,20,22H,3-4,13-14H2,1-2H3. The molecule has 22 heavy (non-hydrogen) atoms. The maximum Gasteiger partial charge on any atom is 0.0481 e. The van der Waals surface area contributed by atoms with E-state index in [1.165, 1.54) is 22.3 Å². The Bertz CT molecular complexity index is 553.